The van der Waals surface area contributed by atoms with Gasteiger partial charge >= 0.3 is 0 Å². The highest BCUT2D eigenvalue weighted by Gasteiger charge is 2.20. The lowest BCUT2D eigenvalue weighted by molar-refractivity contribution is 0.404. The second-order valence-corrected chi connectivity index (χ2v) is 4.85. The standard InChI is InChI=1S/C16H18N4O/c1-3-20-16(14(21-2)10-19-20)15(17)12-6-7-13-11(9-12)5-4-8-18-13/h4-10,15H,3,17H2,1-2H3. The minimum absolute atomic E-state index is 0.285. The van der Waals surface area contributed by atoms with E-state index in [9.17, 15) is 0 Å². The maximum absolute atomic E-state index is 6.44. The Labute approximate surface area is 123 Å². The molecule has 0 aliphatic heterocycles. The molecule has 0 bridgehead atoms. The molecular weight excluding hydrogens is 264 g/mol. The number of pyridine rings is 1. The summed E-state index contributed by atoms with van der Waals surface area (Å²) in [6.45, 7) is 2.79. The maximum atomic E-state index is 6.44. The zero-order valence-electron chi connectivity index (χ0n) is 12.2. The van der Waals surface area contributed by atoms with Crippen molar-refractivity contribution in [2.24, 2.45) is 5.73 Å². The lowest BCUT2D eigenvalue weighted by atomic mass is 10.0. The predicted molar refractivity (Wildman–Crippen MR) is 82.2 cm³/mol. The molecule has 1 unspecified atom stereocenters. The minimum atomic E-state index is -0.285. The third-order valence-electron chi connectivity index (χ3n) is 3.65. The van der Waals surface area contributed by atoms with E-state index in [0.29, 0.717) is 0 Å². The third-order valence-corrected chi connectivity index (χ3v) is 3.65. The number of methoxy groups -OCH3 is 1. The Morgan fingerprint density at radius 1 is 1.33 bits per heavy atom. The Balaban J connectivity index is 2.07. The summed E-state index contributed by atoms with van der Waals surface area (Å²) in [5.74, 6) is 0.718. The molecule has 108 valence electrons. The van der Waals surface area contributed by atoms with E-state index < -0.39 is 0 Å². The van der Waals surface area contributed by atoms with E-state index in [1.807, 2.05) is 35.9 Å². The molecule has 5 heteroatoms. The number of hydrogen-bond acceptors (Lipinski definition) is 4. The van der Waals surface area contributed by atoms with E-state index in [0.717, 1.165) is 34.5 Å². The highest BCUT2D eigenvalue weighted by molar-refractivity contribution is 5.79. The summed E-state index contributed by atoms with van der Waals surface area (Å²) in [6, 6.07) is 9.74. The highest BCUT2D eigenvalue weighted by Crippen LogP contribution is 2.29. The molecule has 0 saturated heterocycles. The van der Waals surface area contributed by atoms with Gasteiger partial charge in [-0.2, -0.15) is 5.10 Å². The van der Waals surface area contributed by atoms with Gasteiger partial charge in [-0.1, -0.05) is 12.1 Å². The Hall–Kier alpha value is -2.40. The lowest BCUT2D eigenvalue weighted by Crippen LogP contribution is -2.18. The summed E-state index contributed by atoms with van der Waals surface area (Å²) >= 11 is 0. The van der Waals surface area contributed by atoms with Gasteiger partial charge in [-0.05, 0) is 30.7 Å². The Morgan fingerprint density at radius 3 is 2.95 bits per heavy atom. The van der Waals surface area contributed by atoms with E-state index >= 15 is 0 Å². The van der Waals surface area contributed by atoms with Gasteiger partial charge in [0.25, 0.3) is 0 Å². The first-order valence-electron chi connectivity index (χ1n) is 6.94. The topological polar surface area (TPSA) is 66.0 Å². The van der Waals surface area contributed by atoms with Gasteiger partial charge in [-0.25, -0.2) is 0 Å². The van der Waals surface area contributed by atoms with Crippen LogP contribution in [0.15, 0.2) is 42.7 Å². The number of ether oxygens (including phenoxy) is 1. The van der Waals surface area contributed by atoms with E-state index in [1.165, 1.54) is 0 Å². The molecule has 3 aromatic rings. The van der Waals surface area contributed by atoms with Crippen molar-refractivity contribution >= 4 is 10.9 Å². The van der Waals surface area contributed by atoms with Crippen molar-refractivity contribution in [3.63, 3.8) is 0 Å². The Kier molecular flexibility index (Phi) is 3.58. The SMILES string of the molecule is CCn1ncc(OC)c1C(N)c1ccc2ncccc2c1. The molecule has 0 amide bonds. The molecule has 0 saturated carbocycles. The quantitative estimate of drug-likeness (QED) is 0.798. The van der Waals surface area contributed by atoms with Crippen LogP contribution in [0.25, 0.3) is 10.9 Å². The van der Waals surface area contributed by atoms with E-state index in [2.05, 4.69) is 16.1 Å². The molecule has 0 fully saturated rings. The Morgan fingerprint density at radius 2 is 2.19 bits per heavy atom. The van der Waals surface area contributed by atoms with Crippen LogP contribution >= 0.6 is 0 Å². The van der Waals surface area contributed by atoms with E-state index in [4.69, 9.17) is 10.5 Å². The van der Waals surface area contributed by atoms with Gasteiger partial charge in [0.1, 0.15) is 5.69 Å². The number of fused-ring (bicyclic) bond motifs is 1. The number of rotatable bonds is 4. The van der Waals surface area contributed by atoms with Crippen LogP contribution in [0.3, 0.4) is 0 Å². The van der Waals surface area contributed by atoms with E-state index in [1.54, 1.807) is 19.5 Å². The first kappa shape index (κ1) is 13.6. The minimum Gasteiger partial charge on any atom is -0.493 e. The van der Waals surface area contributed by atoms with Crippen LogP contribution in [0, 0.1) is 0 Å². The molecular formula is C16H18N4O. The molecule has 2 heterocycles. The summed E-state index contributed by atoms with van der Waals surface area (Å²) in [6.07, 6.45) is 3.50. The largest absolute Gasteiger partial charge is 0.493 e. The molecule has 0 aliphatic rings. The molecule has 1 atom stereocenters. The van der Waals surface area contributed by atoms with Gasteiger partial charge < -0.3 is 10.5 Å². The first-order valence-corrected chi connectivity index (χ1v) is 6.94. The fourth-order valence-electron chi connectivity index (χ4n) is 2.55. The number of nitrogens with two attached hydrogens (primary N) is 1. The fourth-order valence-corrected chi connectivity index (χ4v) is 2.55. The van der Waals surface area contributed by atoms with Gasteiger partial charge in [-0.15, -0.1) is 0 Å². The van der Waals surface area contributed by atoms with Crippen LogP contribution < -0.4 is 10.5 Å². The molecule has 0 aliphatic carbocycles. The molecule has 0 radical (unpaired) electrons. The van der Waals surface area contributed by atoms with Crippen molar-refractivity contribution in [1.29, 1.82) is 0 Å². The monoisotopic (exact) mass is 282 g/mol. The van der Waals surface area contributed by atoms with Crippen molar-refractivity contribution < 1.29 is 4.74 Å². The zero-order chi connectivity index (χ0) is 14.8. The molecule has 5 nitrogen and oxygen atoms in total. The molecule has 2 aromatic heterocycles. The van der Waals surface area contributed by atoms with Crippen molar-refractivity contribution in [3.8, 4) is 5.75 Å². The maximum Gasteiger partial charge on any atom is 0.161 e. The van der Waals surface area contributed by atoms with Crippen LogP contribution in [0.1, 0.15) is 24.2 Å². The second kappa shape index (κ2) is 5.54. The predicted octanol–water partition coefficient (Wildman–Crippen LogP) is 2.51. The third kappa shape index (κ3) is 2.36. The highest BCUT2D eigenvalue weighted by atomic mass is 16.5. The summed E-state index contributed by atoms with van der Waals surface area (Å²) in [5.41, 5.74) is 9.32. The van der Waals surface area contributed by atoms with Gasteiger partial charge in [0.15, 0.2) is 5.75 Å². The van der Waals surface area contributed by atoms with Crippen molar-refractivity contribution in [3.05, 3.63) is 54.0 Å². The number of benzene rings is 1. The fraction of sp³-hybridized carbons (Fsp3) is 0.250. The zero-order valence-corrected chi connectivity index (χ0v) is 12.2. The van der Waals surface area contributed by atoms with Gasteiger partial charge in [-0.3, -0.25) is 9.67 Å². The normalized spacial score (nSPS) is 12.5. The Bertz CT molecular complexity index is 744. The van der Waals surface area contributed by atoms with Crippen LogP contribution in [0.5, 0.6) is 5.75 Å². The average molecular weight is 282 g/mol. The second-order valence-electron chi connectivity index (χ2n) is 4.85. The average Bonchev–Trinajstić information content (AvgIpc) is 2.96. The number of aryl methyl sites for hydroxylation is 1. The number of hydrogen-bond donors (Lipinski definition) is 1. The summed E-state index contributed by atoms with van der Waals surface area (Å²) in [5, 5.41) is 5.39. The lowest BCUT2D eigenvalue weighted by Gasteiger charge is -2.16. The summed E-state index contributed by atoms with van der Waals surface area (Å²) in [7, 11) is 1.64. The van der Waals surface area contributed by atoms with Crippen molar-refractivity contribution in [1.82, 2.24) is 14.8 Å². The molecule has 21 heavy (non-hydrogen) atoms. The van der Waals surface area contributed by atoms with Gasteiger partial charge in [0, 0.05) is 18.1 Å². The van der Waals surface area contributed by atoms with Crippen LogP contribution in [0.2, 0.25) is 0 Å². The number of nitrogens with zero attached hydrogens (tertiary/aromatic N) is 3. The van der Waals surface area contributed by atoms with Crippen molar-refractivity contribution in [2.75, 3.05) is 7.11 Å². The van der Waals surface area contributed by atoms with Gasteiger partial charge in [0.05, 0.1) is 24.9 Å². The smallest absolute Gasteiger partial charge is 0.161 e. The summed E-state index contributed by atoms with van der Waals surface area (Å²) < 4.78 is 7.25. The van der Waals surface area contributed by atoms with Crippen LogP contribution in [0.4, 0.5) is 0 Å². The van der Waals surface area contributed by atoms with Crippen molar-refractivity contribution in [2.45, 2.75) is 19.5 Å². The summed E-state index contributed by atoms with van der Waals surface area (Å²) in [4.78, 5) is 4.33. The number of aromatic nitrogens is 3. The molecule has 3 rings (SSSR count). The van der Waals surface area contributed by atoms with Crippen LogP contribution in [-0.2, 0) is 6.54 Å². The molecule has 0 spiro atoms. The van der Waals surface area contributed by atoms with E-state index in [-0.39, 0.29) is 6.04 Å². The van der Waals surface area contributed by atoms with Gasteiger partial charge in [0.2, 0.25) is 0 Å². The first-order chi connectivity index (χ1) is 10.2. The van der Waals surface area contributed by atoms with Crippen LogP contribution in [-0.4, -0.2) is 21.9 Å². The molecule has 2 N–H and O–H groups in total. The molecule has 1 aromatic carbocycles.